The molecule has 0 saturated carbocycles. The van der Waals surface area contributed by atoms with Crippen LogP contribution in [-0.2, 0) is 4.79 Å². The molecule has 0 bridgehead atoms. The zero-order valence-corrected chi connectivity index (χ0v) is 11.0. The van der Waals surface area contributed by atoms with Crippen molar-refractivity contribution in [2.24, 2.45) is 5.92 Å². The van der Waals surface area contributed by atoms with Gasteiger partial charge < -0.3 is 9.80 Å². The second kappa shape index (κ2) is 7.02. The molecule has 0 aromatic heterocycles. The van der Waals surface area contributed by atoms with E-state index in [-0.39, 0.29) is 0 Å². The number of hydrogen-bond donors (Lipinski definition) is 0. The van der Waals surface area contributed by atoms with Gasteiger partial charge in [0.1, 0.15) is 5.78 Å². The molecule has 0 N–H and O–H groups in total. The summed E-state index contributed by atoms with van der Waals surface area (Å²) < 4.78 is 0. The number of rotatable bonds is 6. The first-order valence-corrected chi connectivity index (χ1v) is 6.44. The molecule has 0 spiro atoms. The molecule has 1 unspecified atom stereocenters. The van der Waals surface area contributed by atoms with Crippen LogP contribution < -0.4 is 0 Å². The number of likely N-dealkylation sites (tertiary alicyclic amines) is 1. The van der Waals surface area contributed by atoms with E-state index in [0.29, 0.717) is 12.2 Å². The van der Waals surface area contributed by atoms with E-state index in [1.807, 2.05) is 0 Å². The van der Waals surface area contributed by atoms with Gasteiger partial charge in [0, 0.05) is 19.5 Å². The molecule has 16 heavy (non-hydrogen) atoms. The van der Waals surface area contributed by atoms with E-state index in [2.05, 4.69) is 23.9 Å². The van der Waals surface area contributed by atoms with Gasteiger partial charge in [-0.2, -0.15) is 0 Å². The minimum atomic E-state index is 0.296. The SMILES string of the molecule is CC(=O)CCN(C)CCC1CCCN(C)C1. The van der Waals surface area contributed by atoms with Crippen molar-refractivity contribution >= 4 is 5.78 Å². The van der Waals surface area contributed by atoms with Crippen LogP contribution in [0.2, 0.25) is 0 Å². The molecule has 0 aliphatic carbocycles. The standard InChI is InChI=1S/C13H26N2O/c1-12(16)6-9-14(2)10-7-13-5-4-8-15(3)11-13/h13H,4-11H2,1-3H3. The monoisotopic (exact) mass is 226 g/mol. The number of carbonyl (C=O) groups is 1. The Bertz CT molecular complexity index is 218. The van der Waals surface area contributed by atoms with Gasteiger partial charge in [0.05, 0.1) is 0 Å². The molecule has 0 radical (unpaired) electrons. The molecule has 3 nitrogen and oxygen atoms in total. The maximum absolute atomic E-state index is 10.9. The number of piperidine rings is 1. The summed E-state index contributed by atoms with van der Waals surface area (Å²) >= 11 is 0. The molecule has 1 aliphatic rings. The lowest BCUT2D eigenvalue weighted by atomic mass is 9.95. The average Bonchev–Trinajstić information content (AvgIpc) is 2.23. The second-order valence-electron chi connectivity index (χ2n) is 5.31. The quantitative estimate of drug-likeness (QED) is 0.688. The van der Waals surface area contributed by atoms with Crippen LogP contribution >= 0.6 is 0 Å². The topological polar surface area (TPSA) is 23.6 Å². The van der Waals surface area contributed by atoms with Gasteiger partial charge >= 0.3 is 0 Å². The fourth-order valence-electron chi connectivity index (χ4n) is 2.37. The number of ketones is 1. The Balaban J connectivity index is 2.10. The van der Waals surface area contributed by atoms with Crippen LogP contribution in [0, 0.1) is 5.92 Å². The zero-order valence-electron chi connectivity index (χ0n) is 11.0. The van der Waals surface area contributed by atoms with Crippen LogP contribution in [0.4, 0.5) is 0 Å². The van der Waals surface area contributed by atoms with E-state index in [4.69, 9.17) is 0 Å². The maximum Gasteiger partial charge on any atom is 0.131 e. The van der Waals surface area contributed by atoms with Crippen LogP contribution in [0.25, 0.3) is 0 Å². The molecular weight excluding hydrogens is 200 g/mol. The van der Waals surface area contributed by atoms with Crippen molar-refractivity contribution in [3.63, 3.8) is 0 Å². The summed E-state index contributed by atoms with van der Waals surface area (Å²) in [6, 6.07) is 0. The lowest BCUT2D eigenvalue weighted by molar-refractivity contribution is -0.117. The molecule has 94 valence electrons. The Morgan fingerprint density at radius 3 is 2.81 bits per heavy atom. The van der Waals surface area contributed by atoms with E-state index >= 15 is 0 Å². The highest BCUT2D eigenvalue weighted by molar-refractivity contribution is 5.75. The third-order valence-electron chi connectivity index (χ3n) is 3.49. The van der Waals surface area contributed by atoms with Gasteiger partial charge in [0.15, 0.2) is 0 Å². The Labute approximate surface area is 99.8 Å². The maximum atomic E-state index is 10.9. The van der Waals surface area contributed by atoms with E-state index in [1.165, 1.54) is 32.4 Å². The smallest absolute Gasteiger partial charge is 0.131 e. The van der Waals surface area contributed by atoms with E-state index < -0.39 is 0 Å². The summed E-state index contributed by atoms with van der Waals surface area (Å²) in [4.78, 5) is 15.6. The first-order valence-electron chi connectivity index (χ1n) is 6.44. The summed E-state index contributed by atoms with van der Waals surface area (Å²) in [5.74, 6) is 1.16. The highest BCUT2D eigenvalue weighted by atomic mass is 16.1. The summed E-state index contributed by atoms with van der Waals surface area (Å²) in [7, 11) is 4.33. The van der Waals surface area contributed by atoms with Crippen molar-refractivity contribution in [2.75, 3.05) is 40.3 Å². The van der Waals surface area contributed by atoms with Crippen LogP contribution in [0.1, 0.15) is 32.6 Å². The van der Waals surface area contributed by atoms with Gasteiger partial charge in [-0.05, 0) is 59.3 Å². The third kappa shape index (κ3) is 5.61. The van der Waals surface area contributed by atoms with Crippen LogP contribution in [0.15, 0.2) is 0 Å². The molecule has 1 aliphatic heterocycles. The Hall–Kier alpha value is -0.410. The highest BCUT2D eigenvalue weighted by Crippen LogP contribution is 2.18. The van der Waals surface area contributed by atoms with Crippen LogP contribution in [0.3, 0.4) is 0 Å². The van der Waals surface area contributed by atoms with Crippen LogP contribution in [0.5, 0.6) is 0 Å². The Morgan fingerprint density at radius 1 is 1.44 bits per heavy atom. The number of Topliss-reactive ketones (excluding diaryl/α,β-unsaturated/α-hetero) is 1. The molecule has 1 rings (SSSR count). The van der Waals surface area contributed by atoms with Crippen molar-refractivity contribution in [1.29, 1.82) is 0 Å². The molecule has 0 amide bonds. The summed E-state index contributed by atoms with van der Waals surface area (Å²) in [5, 5.41) is 0. The average molecular weight is 226 g/mol. The first-order chi connectivity index (χ1) is 7.58. The second-order valence-corrected chi connectivity index (χ2v) is 5.31. The van der Waals surface area contributed by atoms with Crippen molar-refractivity contribution in [3.8, 4) is 0 Å². The number of carbonyl (C=O) groups excluding carboxylic acids is 1. The molecule has 1 saturated heterocycles. The largest absolute Gasteiger partial charge is 0.306 e. The van der Waals surface area contributed by atoms with Gasteiger partial charge in [-0.3, -0.25) is 4.79 Å². The molecule has 1 fully saturated rings. The zero-order chi connectivity index (χ0) is 12.0. The predicted molar refractivity (Wildman–Crippen MR) is 67.6 cm³/mol. The fourth-order valence-corrected chi connectivity index (χ4v) is 2.37. The molecule has 0 aromatic rings. The predicted octanol–water partition coefficient (Wildman–Crippen LogP) is 1.63. The van der Waals surface area contributed by atoms with Gasteiger partial charge in [0.2, 0.25) is 0 Å². The minimum absolute atomic E-state index is 0.296. The van der Waals surface area contributed by atoms with Gasteiger partial charge in [-0.1, -0.05) is 0 Å². The van der Waals surface area contributed by atoms with Crippen molar-refractivity contribution < 1.29 is 4.79 Å². The minimum Gasteiger partial charge on any atom is -0.306 e. The lowest BCUT2D eigenvalue weighted by Crippen LogP contribution is -2.34. The van der Waals surface area contributed by atoms with Gasteiger partial charge in [-0.25, -0.2) is 0 Å². The molecule has 1 heterocycles. The number of nitrogens with zero attached hydrogens (tertiary/aromatic N) is 2. The summed E-state index contributed by atoms with van der Waals surface area (Å²) in [6.07, 6.45) is 4.70. The van der Waals surface area contributed by atoms with E-state index in [0.717, 1.165) is 19.0 Å². The highest BCUT2D eigenvalue weighted by Gasteiger charge is 2.17. The van der Waals surface area contributed by atoms with E-state index in [1.54, 1.807) is 6.92 Å². The molecular formula is C13H26N2O. The van der Waals surface area contributed by atoms with E-state index in [9.17, 15) is 4.79 Å². The van der Waals surface area contributed by atoms with Crippen LogP contribution in [-0.4, -0.2) is 55.9 Å². The van der Waals surface area contributed by atoms with Crippen molar-refractivity contribution in [2.45, 2.75) is 32.6 Å². The normalized spacial score (nSPS) is 22.6. The van der Waals surface area contributed by atoms with Crippen molar-refractivity contribution in [3.05, 3.63) is 0 Å². The van der Waals surface area contributed by atoms with Gasteiger partial charge in [-0.15, -0.1) is 0 Å². The summed E-state index contributed by atoms with van der Waals surface area (Å²) in [5.41, 5.74) is 0. The molecule has 0 aromatic carbocycles. The third-order valence-corrected chi connectivity index (χ3v) is 3.49. The molecule has 3 heteroatoms. The lowest BCUT2D eigenvalue weighted by Gasteiger charge is -2.30. The first kappa shape index (κ1) is 13.7. The Morgan fingerprint density at radius 2 is 2.19 bits per heavy atom. The Kier molecular flexibility index (Phi) is 5.99. The molecule has 1 atom stereocenters. The van der Waals surface area contributed by atoms with Gasteiger partial charge in [0.25, 0.3) is 0 Å². The fraction of sp³-hybridized carbons (Fsp3) is 0.923. The van der Waals surface area contributed by atoms with Crippen molar-refractivity contribution in [1.82, 2.24) is 9.80 Å². The summed E-state index contributed by atoms with van der Waals surface area (Å²) in [6.45, 7) is 6.23. The number of hydrogen-bond acceptors (Lipinski definition) is 3.